The van der Waals surface area contributed by atoms with Crippen molar-refractivity contribution in [3.8, 4) is 34.3 Å². The summed E-state index contributed by atoms with van der Waals surface area (Å²) in [5.41, 5.74) is 8.08. The number of carbonyl (C=O) groups excluding carboxylic acids is 1. The van der Waals surface area contributed by atoms with E-state index in [1.165, 1.54) is 30.5 Å². The van der Waals surface area contributed by atoms with Crippen molar-refractivity contribution in [2.24, 2.45) is 0 Å². The van der Waals surface area contributed by atoms with Crippen LogP contribution in [0.5, 0.6) is 23.1 Å². The molecule has 0 saturated carbocycles. The Morgan fingerprint density at radius 3 is 2.38 bits per heavy atom. The Hall–Kier alpha value is -5.57. The predicted molar refractivity (Wildman–Crippen MR) is 147 cm³/mol. The first-order valence-corrected chi connectivity index (χ1v) is 11.8. The van der Waals surface area contributed by atoms with E-state index < -0.39 is 11.7 Å². The molecular weight excluding hydrogens is 497 g/mol. The lowest BCUT2D eigenvalue weighted by atomic mass is 10.00. The zero-order valence-electron chi connectivity index (χ0n) is 20.5. The van der Waals surface area contributed by atoms with Gasteiger partial charge in [0.1, 0.15) is 17.2 Å². The molecule has 8 nitrogen and oxygen atoms in total. The third kappa shape index (κ3) is 6.05. The van der Waals surface area contributed by atoms with Crippen LogP contribution in [0.4, 0.5) is 15.8 Å². The molecule has 0 fully saturated rings. The van der Waals surface area contributed by atoms with Gasteiger partial charge in [-0.3, -0.25) is 15.2 Å². The molecule has 5 aromatic rings. The lowest BCUT2D eigenvalue weighted by Gasteiger charge is -2.12. The number of ether oxygens (including phenoxy) is 2. The van der Waals surface area contributed by atoms with Gasteiger partial charge in [-0.1, -0.05) is 36.4 Å². The number of hydrogen-bond acceptors (Lipinski definition) is 7. The largest absolute Gasteiger partial charge is 0.456 e. The average molecular weight is 520 g/mol. The maximum absolute atomic E-state index is 13.8. The van der Waals surface area contributed by atoms with Gasteiger partial charge < -0.3 is 20.5 Å². The molecule has 0 saturated heterocycles. The number of halogens is 1. The number of aromatic nitrogens is 2. The minimum absolute atomic E-state index is 0.0336. The molecule has 0 bridgehead atoms. The molecule has 0 radical (unpaired) electrons. The quantitative estimate of drug-likeness (QED) is 0.160. The van der Waals surface area contributed by atoms with Crippen molar-refractivity contribution in [2.75, 3.05) is 11.1 Å². The summed E-state index contributed by atoms with van der Waals surface area (Å²) in [5.74, 6) is 0.205. The van der Waals surface area contributed by atoms with Crippen molar-refractivity contribution in [1.29, 1.82) is 5.41 Å². The lowest BCUT2D eigenvalue weighted by molar-refractivity contribution is -0.110. The molecule has 0 unspecified atom stereocenters. The SMILES string of the molecule is N=C(C(=O)Nc1ccc(Oc2ccccc2F)nc1)c1cc(-c2cncc(Oc3ccccc3)c2)ccc1N. The monoisotopic (exact) mass is 519 g/mol. The highest BCUT2D eigenvalue weighted by Crippen LogP contribution is 2.29. The van der Waals surface area contributed by atoms with Crippen molar-refractivity contribution < 1.29 is 18.7 Å². The van der Waals surface area contributed by atoms with Crippen LogP contribution in [-0.2, 0) is 4.79 Å². The van der Waals surface area contributed by atoms with E-state index in [1.807, 2.05) is 36.4 Å². The number of amides is 1. The summed E-state index contributed by atoms with van der Waals surface area (Å²) in [6, 6.07) is 25.2. The van der Waals surface area contributed by atoms with Gasteiger partial charge >= 0.3 is 0 Å². The van der Waals surface area contributed by atoms with Crippen LogP contribution in [0.2, 0.25) is 0 Å². The number of nitrogens with two attached hydrogens (primary N) is 1. The van der Waals surface area contributed by atoms with E-state index in [0.717, 1.165) is 5.56 Å². The lowest BCUT2D eigenvalue weighted by Crippen LogP contribution is -2.24. The number of rotatable bonds is 8. The molecule has 9 heteroatoms. The molecule has 2 aromatic heterocycles. The topological polar surface area (TPSA) is 123 Å². The van der Waals surface area contributed by atoms with Crippen LogP contribution in [0.3, 0.4) is 0 Å². The molecule has 4 N–H and O–H groups in total. The average Bonchev–Trinajstić information content (AvgIpc) is 2.96. The Morgan fingerprint density at radius 2 is 1.62 bits per heavy atom. The van der Waals surface area contributed by atoms with Gasteiger partial charge in [0.05, 0.1) is 18.1 Å². The van der Waals surface area contributed by atoms with E-state index in [1.54, 1.807) is 42.7 Å². The summed E-state index contributed by atoms with van der Waals surface area (Å²) >= 11 is 0. The number of nitrogen functional groups attached to an aromatic ring is 1. The van der Waals surface area contributed by atoms with Crippen molar-refractivity contribution in [3.05, 3.63) is 121 Å². The molecule has 1 amide bonds. The molecule has 192 valence electrons. The minimum Gasteiger partial charge on any atom is -0.456 e. The summed E-state index contributed by atoms with van der Waals surface area (Å²) in [6.45, 7) is 0. The van der Waals surface area contributed by atoms with Crippen LogP contribution in [0.1, 0.15) is 5.56 Å². The number of nitrogens with one attached hydrogen (secondary N) is 2. The summed E-state index contributed by atoms with van der Waals surface area (Å²) < 4.78 is 25.1. The van der Waals surface area contributed by atoms with Crippen molar-refractivity contribution in [1.82, 2.24) is 9.97 Å². The molecule has 0 aliphatic carbocycles. The zero-order chi connectivity index (χ0) is 27.2. The summed E-state index contributed by atoms with van der Waals surface area (Å²) in [6.07, 6.45) is 4.61. The van der Waals surface area contributed by atoms with Crippen LogP contribution in [0.25, 0.3) is 11.1 Å². The van der Waals surface area contributed by atoms with Crippen LogP contribution < -0.4 is 20.5 Å². The number of hydrogen-bond donors (Lipinski definition) is 3. The number of anilines is 2. The smallest absolute Gasteiger partial charge is 0.274 e. The normalized spacial score (nSPS) is 10.5. The molecule has 0 atom stereocenters. The predicted octanol–water partition coefficient (Wildman–Crippen LogP) is 6.46. The number of para-hydroxylation sites is 2. The van der Waals surface area contributed by atoms with Crippen LogP contribution >= 0.6 is 0 Å². The molecule has 0 aliphatic rings. The van der Waals surface area contributed by atoms with Gasteiger partial charge in [-0.25, -0.2) is 9.37 Å². The highest BCUT2D eigenvalue weighted by molar-refractivity contribution is 6.48. The molecule has 39 heavy (non-hydrogen) atoms. The van der Waals surface area contributed by atoms with Crippen molar-refractivity contribution in [2.45, 2.75) is 0 Å². The summed E-state index contributed by atoms with van der Waals surface area (Å²) in [4.78, 5) is 21.2. The second kappa shape index (κ2) is 11.2. The second-order valence-electron chi connectivity index (χ2n) is 8.37. The van der Waals surface area contributed by atoms with E-state index >= 15 is 0 Å². The number of pyridine rings is 2. The van der Waals surface area contributed by atoms with E-state index in [-0.39, 0.29) is 28.6 Å². The first-order chi connectivity index (χ1) is 19.0. The highest BCUT2D eigenvalue weighted by atomic mass is 19.1. The summed E-state index contributed by atoms with van der Waals surface area (Å²) in [7, 11) is 0. The van der Waals surface area contributed by atoms with Gasteiger partial charge in [-0.05, 0) is 54.1 Å². The number of carbonyl (C=O) groups is 1. The van der Waals surface area contributed by atoms with Crippen LogP contribution in [0, 0.1) is 11.2 Å². The first-order valence-electron chi connectivity index (χ1n) is 11.8. The zero-order valence-corrected chi connectivity index (χ0v) is 20.5. The van der Waals surface area contributed by atoms with Crippen molar-refractivity contribution in [3.63, 3.8) is 0 Å². The second-order valence-corrected chi connectivity index (χ2v) is 8.37. The molecule has 0 aliphatic heterocycles. The number of benzene rings is 3. The fourth-order valence-corrected chi connectivity index (χ4v) is 3.68. The van der Waals surface area contributed by atoms with Gasteiger partial charge in [0.15, 0.2) is 11.6 Å². The van der Waals surface area contributed by atoms with E-state index in [9.17, 15) is 9.18 Å². The molecular formula is C30H22FN5O3. The Balaban J connectivity index is 1.29. The Labute approximate surface area is 223 Å². The van der Waals surface area contributed by atoms with Gasteiger partial charge in [0.25, 0.3) is 5.91 Å². The standard InChI is InChI=1S/C30H22FN5O3/c31-25-8-4-5-9-27(25)39-28-13-11-21(17-35-28)36-30(37)29(33)24-15-19(10-12-26(24)32)20-14-23(18-34-16-20)38-22-6-2-1-3-7-22/h1-18,33H,32H2,(H,36,37). The minimum atomic E-state index is -0.678. The third-order valence-electron chi connectivity index (χ3n) is 5.62. The molecule has 2 heterocycles. The first kappa shape index (κ1) is 25.1. The van der Waals surface area contributed by atoms with Crippen molar-refractivity contribution >= 4 is 23.0 Å². The van der Waals surface area contributed by atoms with Gasteiger partial charge in [0.2, 0.25) is 5.88 Å². The Morgan fingerprint density at radius 1 is 0.821 bits per heavy atom. The van der Waals surface area contributed by atoms with Crippen LogP contribution in [-0.4, -0.2) is 21.6 Å². The molecule has 3 aromatic carbocycles. The van der Waals surface area contributed by atoms with Gasteiger partial charge in [-0.2, -0.15) is 0 Å². The van der Waals surface area contributed by atoms with E-state index in [2.05, 4.69) is 15.3 Å². The molecule has 5 rings (SSSR count). The van der Waals surface area contributed by atoms with Gasteiger partial charge in [-0.15, -0.1) is 0 Å². The van der Waals surface area contributed by atoms with E-state index in [0.29, 0.717) is 22.7 Å². The fraction of sp³-hybridized carbons (Fsp3) is 0. The van der Waals surface area contributed by atoms with Gasteiger partial charge in [0, 0.05) is 29.1 Å². The Kier molecular flexibility index (Phi) is 7.22. The molecule has 0 spiro atoms. The fourth-order valence-electron chi connectivity index (χ4n) is 3.68. The summed E-state index contributed by atoms with van der Waals surface area (Å²) in [5, 5.41) is 11.1. The third-order valence-corrected chi connectivity index (χ3v) is 5.62. The van der Waals surface area contributed by atoms with E-state index in [4.69, 9.17) is 20.6 Å². The highest BCUT2D eigenvalue weighted by Gasteiger charge is 2.17. The van der Waals surface area contributed by atoms with Crippen LogP contribution in [0.15, 0.2) is 110 Å². The Bertz CT molecular complexity index is 1640. The maximum atomic E-state index is 13.8. The maximum Gasteiger partial charge on any atom is 0.274 e. The number of nitrogens with zero attached hydrogens (tertiary/aromatic N) is 2.